The zero-order valence-electron chi connectivity index (χ0n) is 9.51. The number of ether oxygens (including phenoxy) is 1. The van der Waals surface area contributed by atoms with Crippen LogP contribution in [0.3, 0.4) is 0 Å². The summed E-state index contributed by atoms with van der Waals surface area (Å²) in [5, 5.41) is 8.96. The van der Waals surface area contributed by atoms with Gasteiger partial charge in [-0.25, -0.2) is 14.3 Å². The van der Waals surface area contributed by atoms with Gasteiger partial charge in [0.2, 0.25) is 0 Å². The normalized spacial score (nSPS) is 10.6. The Bertz CT molecular complexity index is 615. The zero-order chi connectivity index (χ0) is 14.6. The van der Waals surface area contributed by atoms with Gasteiger partial charge in [0.15, 0.2) is 0 Å². The molecule has 0 aliphatic rings. The van der Waals surface area contributed by atoms with Crippen molar-refractivity contribution in [3.8, 4) is 0 Å². The van der Waals surface area contributed by atoms with Crippen molar-refractivity contribution in [2.75, 3.05) is 11.8 Å². The standard InChI is InChI=1S/C9H9IN2O6S/c1-18-9(15)12-19(16,17)11-7-3-2-5(10)4-6(7)8(13)14/h2-4,11H,1H3,(H,12,15)(H,13,14). The van der Waals surface area contributed by atoms with Crippen molar-refractivity contribution in [1.29, 1.82) is 0 Å². The van der Waals surface area contributed by atoms with E-state index in [2.05, 4.69) is 4.74 Å². The van der Waals surface area contributed by atoms with Crippen molar-refractivity contribution < 1.29 is 27.9 Å². The fourth-order valence-electron chi connectivity index (χ4n) is 1.10. The SMILES string of the molecule is COC(=O)NS(=O)(=O)Nc1ccc(I)cc1C(=O)O. The molecule has 1 aromatic rings. The molecule has 0 fully saturated rings. The van der Waals surface area contributed by atoms with Gasteiger partial charge in [0, 0.05) is 3.57 Å². The van der Waals surface area contributed by atoms with Gasteiger partial charge < -0.3 is 9.84 Å². The Balaban J connectivity index is 3.06. The first-order chi connectivity index (χ1) is 8.75. The third-order valence-electron chi connectivity index (χ3n) is 1.86. The van der Waals surface area contributed by atoms with Crippen molar-refractivity contribution in [1.82, 2.24) is 4.72 Å². The van der Waals surface area contributed by atoms with Gasteiger partial charge in [0.1, 0.15) is 0 Å². The van der Waals surface area contributed by atoms with Crippen LogP contribution >= 0.6 is 22.6 Å². The van der Waals surface area contributed by atoms with Gasteiger partial charge >= 0.3 is 22.3 Å². The minimum absolute atomic E-state index is 0.163. The molecule has 19 heavy (non-hydrogen) atoms. The molecule has 0 saturated heterocycles. The van der Waals surface area contributed by atoms with Crippen molar-refractivity contribution in [3.05, 3.63) is 27.3 Å². The highest BCUT2D eigenvalue weighted by Crippen LogP contribution is 2.19. The number of amides is 1. The van der Waals surface area contributed by atoms with Crippen LogP contribution in [0.15, 0.2) is 18.2 Å². The summed E-state index contributed by atoms with van der Waals surface area (Å²) in [5.41, 5.74) is -0.397. The Kier molecular flexibility index (Phi) is 4.94. The third-order valence-corrected chi connectivity index (χ3v) is 3.45. The predicted octanol–water partition coefficient (Wildman–Crippen LogP) is 1.00. The monoisotopic (exact) mass is 400 g/mol. The first-order valence-electron chi connectivity index (χ1n) is 4.66. The highest BCUT2D eigenvalue weighted by atomic mass is 127. The van der Waals surface area contributed by atoms with Crippen LogP contribution in [-0.2, 0) is 14.9 Å². The minimum atomic E-state index is -4.26. The molecule has 3 N–H and O–H groups in total. The topological polar surface area (TPSA) is 122 Å². The van der Waals surface area contributed by atoms with Crippen molar-refractivity contribution >= 4 is 50.6 Å². The summed E-state index contributed by atoms with van der Waals surface area (Å²) in [6.45, 7) is 0. The molecule has 0 unspecified atom stereocenters. The van der Waals surface area contributed by atoms with Gasteiger partial charge in [-0.3, -0.25) is 4.72 Å². The van der Waals surface area contributed by atoms with Crippen LogP contribution in [0.5, 0.6) is 0 Å². The summed E-state index contributed by atoms with van der Waals surface area (Å²) in [5.74, 6) is -1.30. The highest BCUT2D eigenvalue weighted by molar-refractivity contribution is 14.1. The van der Waals surface area contributed by atoms with E-state index < -0.39 is 22.3 Å². The molecule has 0 heterocycles. The number of anilines is 1. The van der Waals surface area contributed by atoms with E-state index in [0.717, 1.165) is 7.11 Å². The number of benzene rings is 1. The third kappa shape index (κ3) is 4.55. The largest absolute Gasteiger partial charge is 0.478 e. The van der Waals surface area contributed by atoms with E-state index in [-0.39, 0.29) is 11.3 Å². The van der Waals surface area contributed by atoms with E-state index in [0.29, 0.717) is 3.57 Å². The number of rotatable bonds is 4. The van der Waals surface area contributed by atoms with E-state index in [1.165, 1.54) is 18.2 Å². The van der Waals surface area contributed by atoms with E-state index in [9.17, 15) is 18.0 Å². The second kappa shape index (κ2) is 6.06. The number of carbonyl (C=O) groups is 2. The van der Waals surface area contributed by atoms with Crippen molar-refractivity contribution in [3.63, 3.8) is 0 Å². The summed E-state index contributed by atoms with van der Waals surface area (Å²) < 4.78 is 31.3. The fraction of sp³-hybridized carbons (Fsp3) is 0.111. The second-order valence-corrected chi connectivity index (χ2v) is 5.85. The highest BCUT2D eigenvalue weighted by Gasteiger charge is 2.18. The second-order valence-electron chi connectivity index (χ2n) is 3.19. The number of aromatic carboxylic acids is 1. The Morgan fingerprint density at radius 3 is 2.53 bits per heavy atom. The molecular weight excluding hydrogens is 391 g/mol. The summed E-state index contributed by atoms with van der Waals surface area (Å²) >= 11 is 1.89. The molecular formula is C9H9IN2O6S. The molecule has 0 saturated carbocycles. The molecule has 0 spiro atoms. The Morgan fingerprint density at radius 1 is 1.37 bits per heavy atom. The van der Waals surface area contributed by atoms with Gasteiger partial charge in [0.05, 0.1) is 18.4 Å². The van der Waals surface area contributed by atoms with Crippen LogP contribution in [0.25, 0.3) is 0 Å². The lowest BCUT2D eigenvalue weighted by molar-refractivity contribution is 0.0698. The smallest absolute Gasteiger partial charge is 0.422 e. The predicted molar refractivity (Wildman–Crippen MR) is 74.2 cm³/mol. The summed E-state index contributed by atoms with van der Waals surface area (Å²) in [7, 11) is -3.26. The number of carboxylic acids is 1. The number of hydrogen-bond donors (Lipinski definition) is 3. The fourth-order valence-corrected chi connectivity index (χ4v) is 2.42. The van der Waals surface area contributed by atoms with Gasteiger partial charge in [0.25, 0.3) is 0 Å². The summed E-state index contributed by atoms with van der Waals surface area (Å²) in [6, 6.07) is 4.09. The lowest BCUT2D eigenvalue weighted by atomic mass is 10.2. The maximum absolute atomic E-state index is 11.5. The van der Waals surface area contributed by atoms with Crippen molar-refractivity contribution in [2.45, 2.75) is 0 Å². The van der Waals surface area contributed by atoms with Gasteiger partial charge in [-0.1, -0.05) is 0 Å². The van der Waals surface area contributed by atoms with Crippen LogP contribution in [0.1, 0.15) is 10.4 Å². The molecule has 10 heteroatoms. The molecule has 1 amide bonds. The molecule has 0 radical (unpaired) electrons. The van der Waals surface area contributed by atoms with Crippen LogP contribution in [-0.4, -0.2) is 32.7 Å². The van der Waals surface area contributed by atoms with Gasteiger partial charge in [-0.2, -0.15) is 8.42 Å². The molecule has 1 aromatic carbocycles. The molecule has 1 rings (SSSR count). The Morgan fingerprint density at radius 2 is 2.00 bits per heavy atom. The van der Waals surface area contributed by atoms with Crippen LogP contribution < -0.4 is 9.44 Å². The lowest BCUT2D eigenvalue weighted by Crippen LogP contribution is -2.35. The molecule has 0 atom stereocenters. The van der Waals surface area contributed by atoms with E-state index in [1.807, 2.05) is 27.3 Å². The number of hydrogen-bond acceptors (Lipinski definition) is 5. The van der Waals surface area contributed by atoms with E-state index in [1.54, 1.807) is 4.72 Å². The average Bonchev–Trinajstić information content (AvgIpc) is 2.30. The number of carboxylic acid groups (broad SMARTS) is 1. The lowest BCUT2D eigenvalue weighted by Gasteiger charge is -2.10. The molecule has 0 aliphatic heterocycles. The molecule has 0 bridgehead atoms. The maximum atomic E-state index is 11.5. The Hall–Kier alpha value is -1.56. The minimum Gasteiger partial charge on any atom is -0.478 e. The molecule has 104 valence electrons. The number of halogens is 1. The summed E-state index contributed by atoms with van der Waals surface area (Å²) in [4.78, 5) is 21.8. The zero-order valence-corrected chi connectivity index (χ0v) is 12.5. The molecule has 0 aliphatic carbocycles. The molecule has 8 nitrogen and oxygen atoms in total. The average molecular weight is 400 g/mol. The number of carbonyl (C=O) groups excluding carboxylic acids is 1. The van der Waals surface area contributed by atoms with Crippen molar-refractivity contribution in [2.24, 2.45) is 0 Å². The van der Waals surface area contributed by atoms with Crippen LogP contribution in [0.4, 0.5) is 10.5 Å². The summed E-state index contributed by atoms with van der Waals surface area (Å²) in [6.07, 6.45) is -1.19. The first-order valence-corrected chi connectivity index (χ1v) is 7.22. The first kappa shape index (κ1) is 15.5. The van der Waals surface area contributed by atoms with E-state index in [4.69, 9.17) is 5.11 Å². The van der Waals surface area contributed by atoms with E-state index >= 15 is 0 Å². The van der Waals surface area contributed by atoms with Gasteiger partial charge in [-0.15, -0.1) is 0 Å². The van der Waals surface area contributed by atoms with Gasteiger partial charge in [-0.05, 0) is 40.8 Å². The van der Waals surface area contributed by atoms with Crippen LogP contribution in [0, 0.1) is 3.57 Å². The number of nitrogens with one attached hydrogen (secondary N) is 2. The van der Waals surface area contributed by atoms with Crippen LogP contribution in [0.2, 0.25) is 0 Å². The Labute approximate surface area is 122 Å². The quantitative estimate of drug-likeness (QED) is 0.649. The maximum Gasteiger partial charge on any atom is 0.422 e. The molecule has 0 aromatic heterocycles. The number of methoxy groups -OCH3 is 1.